The molecule has 0 saturated heterocycles. The van der Waals surface area contributed by atoms with Crippen LogP contribution in [-0.4, -0.2) is 29.3 Å². The number of aromatic nitrogens is 2. The maximum absolute atomic E-state index is 11.9. The maximum Gasteiger partial charge on any atom is 0.513 e. The number of carbonyl (C=O) groups is 1. The van der Waals surface area contributed by atoms with Crippen molar-refractivity contribution in [2.45, 2.75) is 53.9 Å². The molecule has 2 rings (SSSR count). The van der Waals surface area contributed by atoms with Crippen LogP contribution in [0.1, 0.15) is 51.4 Å². The number of para-hydroxylation sites is 1. The smallest absolute Gasteiger partial charge is 0.434 e. The Morgan fingerprint density at radius 3 is 2.29 bits per heavy atom. The molecule has 0 spiro atoms. The minimum atomic E-state index is -0.723. The van der Waals surface area contributed by atoms with Crippen molar-refractivity contribution in [1.29, 1.82) is 0 Å². The monoisotopic (exact) mass is 385 g/mol. The van der Waals surface area contributed by atoms with Crippen LogP contribution in [0.25, 0.3) is 0 Å². The molecule has 0 atom stereocenters. The van der Waals surface area contributed by atoms with E-state index in [0.717, 1.165) is 31.5 Å². The number of hydrogen-bond acceptors (Lipinski definition) is 6. The van der Waals surface area contributed by atoms with Crippen molar-refractivity contribution in [3.63, 3.8) is 0 Å². The SMILES string of the molecule is CCCCCN(c1ccccc1)c1nc(C)c(OC(=O)OCC(C)C)c(C)n1. The van der Waals surface area contributed by atoms with E-state index in [1.807, 2.05) is 58.0 Å². The molecule has 6 heteroatoms. The lowest BCUT2D eigenvalue weighted by Gasteiger charge is -2.24. The van der Waals surface area contributed by atoms with Gasteiger partial charge in [0.15, 0.2) is 5.75 Å². The number of hydrogen-bond donors (Lipinski definition) is 0. The number of benzene rings is 1. The van der Waals surface area contributed by atoms with Gasteiger partial charge in [0.2, 0.25) is 5.95 Å². The number of rotatable bonds is 9. The molecule has 0 aliphatic carbocycles. The average molecular weight is 386 g/mol. The summed E-state index contributed by atoms with van der Waals surface area (Å²) in [5.41, 5.74) is 2.27. The summed E-state index contributed by atoms with van der Waals surface area (Å²) in [6.07, 6.45) is 2.61. The molecule has 0 aliphatic rings. The van der Waals surface area contributed by atoms with E-state index in [1.54, 1.807) is 0 Å². The van der Waals surface area contributed by atoms with Gasteiger partial charge in [-0.3, -0.25) is 0 Å². The standard InChI is InChI=1S/C22H31N3O3/c1-6-7-11-14-25(19-12-9-8-10-13-19)21-23-17(4)20(18(5)24-21)28-22(26)27-15-16(2)3/h8-10,12-13,16H,6-7,11,14-15H2,1-5H3. The first kappa shape index (κ1) is 21.7. The maximum atomic E-state index is 11.9. The molecular formula is C22H31N3O3. The van der Waals surface area contributed by atoms with E-state index >= 15 is 0 Å². The van der Waals surface area contributed by atoms with E-state index in [9.17, 15) is 4.79 Å². The molecule has 1 heterocycles. The Bertz CT molecular complexity index is 740. The van der Waals surface area contributed by atoms with E-state index in [4.69, 9.17) is 9.47 Å². The van der Waals surface area contributed by atoms with Crippen molar-refractivity contribution in [2.75, 3.05) is 18.1 Å². The first-order chi connectivity index (χ1) is 13.4. The summed E-state index contributed by atoms with van der Waals surface area (Å²) in [7, 11) is 0. The fourth-order valence-electron chi connectivity index (χ4n) is 2.78. The molecule has 0 unspecified atom stereocenters. The Hall–Kier alpha value is -2.63. The number of ether oxygens (including phenoxy) is 2. The summed E-state index contributed by atoms with van der Waals surface area (Å²) in [6, 6.07) is 10.1. The Kier molecular flexibility index (Phi) is 8.23. The minimum Gasteiger partial charge on any atom is -0.434 e. The first-order valence-corrected chi connectivity index (χ1v) is 9.94. The van der Waals surface area contributed by atoms with E-state index < -0.39 is 6.16 Å². The molecule has 152 valence electrons. The van der Waals surface area contributed by atoms with Crippen LogP contribution >= 0.6 is 0 Å². The highest BCUT2D eigenvalue weighted by Crippen LogP contribution is 2.28. The molecule has 0 N–H and O–H groups in total. The van der Waals surface area contributed by atoms with Crippen LogP contribution in [0, 0.1) is 19.8 Å². The van der Waals surface area contributed by atoms with Crippen LogP contribution in [0.2, 0.25) is 0 Å². The van der Waals surface area contributed by atoms with Gasteiger partial charge in [-0.05, 0) is 38.3 Å². The van der Waals surface area contributed by atoms with Crippen molar-refractivity contribution in [3.8, 4) is 5.75 Å². The molecule has 0 aliphatic heterocycles. The van der Waals surface area contributed by atoms with Gasteiger partial charge >= 0.3 is 6.16 Å². The zero-order valence-corrected chi connectivity index (χ0v) is 17.6. The zero-order valence-electron chi connectivity index (χ0n) is 17.6. The molecule has 0 bridgehead atoms. The van der Waals surface area contributed by atoms with Crippen molar-refractivity contribution in [3.05, 3.63) is 41.7 Å². The van der Waals surface area contributed by atoms with Gasteiger partial charge < -0.3 is 14.4 Å². The second kappa shape index (κ2) is 10.6. The summed E-state index contributed by atoms with van der Waals surface area (Å²) in [5, 5.41) is 0. The number of aryl methyl sites for hydroxylation is 2. The summed E-state index contributed by atoms with van der Waals surface area (Å²) < 4.78 is 10.5. The highest BCUT2D eigenvalue weighted by Gasteiger charge is 2.19. The third kappa shape index (κ3) is 6.22. The fourth-order valence-corrected chi connectivity index (χ4v) is 2.78. The molecule has 0 radical (unpaired) electrons. The van der Waals surface area contributed by atoms with Gasteiger partial charge in [-0.2, -0.15) is 0 Å². The highest BCUT2D eigenvalue weighted by molar-refractivity contribution is 5.65. The molecule has 1 aromatic carbocycles. The van der Waals surface area contributed by atoms with Gasteiger partial charge in [0, 0.05) is 12.2 Å². The van der Waals surface area contributed by atoms with Gasteiger partial charge in [0.05, 0.1) is 18.0 Å². The lowest BCUT2D eigenvalue weighted by Crippen LogP contribution is -2.22. The van der Waals surface area contributed by atoms with Crippen LogP contribution < -0.4 is 9.64 Å². The molecule has 0 amide bonds. The molecular weight excluding hydrogens is 354 g/mol. The largest absolute Gasteiger partial charge is 0.513 e. The third-order valence-corrected chi connectivity index (χ3v) is 4.21. The number of anilines is 2. The van der Waals surface area contributed by atoms with Crippen molar-refractivity contribution >= 4 is 17.8 Å². The Labute approximate surface area is 167 Å². The average Bonchev–Trinajstić information content (AvgIpc) is 2.67. The van der Waals surface area contributed by atoms with Gasteiger partial charge in [0.25, 0.3) is 0 Å². The van der Waals surface area contributed by atoms with Crippen LogP contribution in [0.5, 0.6) is 5.75 Å². The minimum absolute atomic E-state index is 0.246. The van der Waals surface area contributed by atoms with Gasteiger partial charge in [-0.15, -0.1) is 0 Å². The number of carbonyl (C=O) groups excluding carboxylic acids is 1. The van der Waals surface area contributed by atoms with Crippen molar-refractivity contribution in [2.24, 2.45) is 5.92 Å². The van der Waals surface area contributed by atoms with Gasteiger partial charge in [-0.1, -0.05) is 51.8 Å². The van der Waals surface area contributed by atoms with Gasteiger partial charge in [0.1, 0.15) is 0 Å². The second-order valence-corrected chi connectivity index (χ2v) is 7.27. The second-order valence-electron chi connectivity index (χ2n) is 7.27. The summed E-state index contributed by atoms with van der Waals surface area (Å²) in [6.45, 7) is 10.9. The summed E-state index contributed by atoms with van der Waals surface area (Å²) in [4.78, 5) is 23.3. The first-order valence-electron chi connectivity index (χ1n) is 9.94. The zero-order chi connectivity index (χ0) is 20.5. The van der Waals surface area contributed by atoms with Crippen LogP contribution in [0.15, 0.2) is 30.3 Å². The number of nitrogens with zero attached hydrogens (tertiary/aromatic N) is 3. The molecule has 2 aromatic rings. The lowest BCUT2D eigenvalue weighted by atomic mass is 10.2. The van der Waals surface area contributed by atoms with Gasteiger partial charge in [-0.25, -0.2) is 14.8 Å². The topological polar surface area (TPSA) is 64.6 Å². The third-order valence-electron chi connectivity index (χ3n) is 4.21. The molecule has 1 aromatic heterocycles. The molecule has 0 saturated carbocycles. The molecule has 28 heavy (non-hydrogen) atoms. The summed E-state index contributed by atoms with van der Waals surface area (Å²) in [5.74, 6) is 1.22. The van der Waals surface area contributed by atoms with Crippen LogP contribution in [0.4, 0.5) is 16.4 Å². The number of unbranched alkanes of at least 4 members (excludes halogenated alkanes) is 2. The van der Waals surface area contributed by atoms with E-state index in [-0.39, 0.29) is 5.92 Å². The Balaban J connectivity index is 2.24. The quantitative estimate of drug-likeness (QED) is 0.414. The predicted molar refractivity (Wildman–Crippen MR) is 111 cm³/mol. The fraction of sp³-hybridized carbons (Fsp3) is 0.500. The molecule has 6 nitrogen and oxygen atoms in total. The highest BCUT2D eigenvalue weighted by atomic mass is 16.7. The Morgan fingerprint density at radius 2 is 1.71 bits per heavy atom. The van der Waals surface area contributed by atoms with E-state index in [0.29, 0.717) is 29.7 Å². The summed E-state index contributed by atoms with van der Waals surface area (Å²) >= 11 is 0. The van der Waals surface area contributed by atoms with Crippen LogP contribution in [0.3, 0.4) is 0 Å². The van der Waals surface area contributed by atoms with Crippen molar-refractivity contribution in [1.82, 2.24) is 9.97 Å². The predicted octanol–water partition coefficient (Wildman–Crippen LogP) is 5.59. The van der Waals surface area contributed by atoms with Crippen LogP contribution in [-0.2, 0) is 4.74 Å². The molecule has 0 fully saturated rings. The normalized spacial score (nSPS) is 10.8. The van der Waals surface area contributed by atoms with E-state index in [2.05, 4.69) is 21.8 Å². The lowest BCUT2D eigenvalue weighted by molar-refractivity contribution is 0.0878. The van der Waals surface area contributed by atoms with E-state index in [1.165, 1.54) is 0 Å². The van der Waals surface area contributed by atoms with Crippen molar-refractivity contribution < 1.29 is 14.3 Å². The Morgan fingerprint density at radius 1 is 1.07 bits per heavy atom.